The Kier molecular flexibility index (Phi) is 3.16. The van der Waals surface area contributed by atoms with E-state index in [9.17, 15) is 26.7 Å². The molecule has 0 radical (unpaired) electrons. The molecule has 0 spiro atoms. The van der Waals surface area contributed by atoms with Crippen molar-refractivity contribution in [2.45, 2.75) is 12.6 Å². The molecular formula is C9H5F5O2. The molecular weight excluding hydrogens is 235 g/mol. The summed E-state index contributed by atoms with van der Waals surface area (Å²) in [6.45, 7) is 0. The third-order valence-corrected chi connectivity index (χ3v) is 1.75. The number of halogens is 5. The van der Waals surface area contributed by atoms with Crippen molar-refractivity contribution in [3.63, 3.8) is 0 Å². The molecule has 0 saturated heterocycles. The molecule has 88 valence electrons. The van der Waals surface area contributed by atoms with Gasteiger partial charge in [-0.25, -0.2) is 8.78 Å². The second-order valence-corrected chi connectivity index (χ2v) is 3.01. The minimum absolute atomic E-state index is 0.284. The highest BCUT2D eigenvalue weighted by Gasteiger charge is 2.35. The number of rotatable bonds is 2. The van der Waals surface area contributed by atoms with Gasteiger partial charge in [0.2, 0.25) is 0 Å². The Bertz CT molecular complexity index is 425. The van der Waals surface area contributed by atoms with E-state index in [1.54, 1.807) is 0 Å². The zero-order valence-electron chi connectivity index (χ0n) is 7.61. The van der Waals surface area contributed by atoms with Crippen molar-refractivity contribution in [1.82, 2.24) is 0 Å². The van der Waals surface area contributed by atoms with Gasteiger partial charge in [-0.3, -0.25) is 4.79 Å². The van der Waals surface area contributed by atoms with Crippen molar-refractivity contribution in [2.75, 3.05) is 0 Å². The van der Waals surface area contributed by atoms with Gasteiger partial charge < -0.3 is 5.11 Å². The van der Waals surface area contributed by atoms with Crippen LogP contribution >= 0.6 is 0 Å². The van der Waals surface area contributed by atoms with Crippen LogP contribution in [0.25, 0.3) is 0 Å². The fourth-order valence-corrected chi connectivity index (χ4v) is 1.13. The molecule has 1 aromatic rings. The zero-order valence-corrected chi connectivity index (χ0v) is 7.61. The molecule has 1 rings (SSSR count). The number of benzene rings is 1. The summed E-state index contributed by atoms with van der Waals surface area (Å²) >= 11 is 0. The van der Waals surface area contributed by atoms with Gasteiger partial charge in [0.05, 0.1) is 12.0 Å². The molecule has 0 unspecified atom stereocenters. The molecule has 0 aliphatic carbocycles. The van der Waals surface area contributed by atoms with Gasteiger partial charge in [-0.05, 0) is 17.7 Å². The molecule has 2 nitrogen and oxygen atoms in total. The number of aliphatic carboxylic acids is 1. The van der Waals surface area contributed by atoms with Crippen LogP contribution in [0.5, 0.6) is 0 Å². The largest absolute Gasteiger partial charge is 0.481 e. The summed E-state index contributed by atoms with van der Waals surface area (Å²) in [5.74, 6) is -5.17. The number of carboxylic acid groups (broad SMARTS) is 1. The quantitative estimate of drug-likeness (QED) is 0.807. The molecule has 0 aliphatic heterocycles. The SMILES string of the molecule is O=C(O)Cc1cc(F)c(F)c(C(F)(F)F)c1. The molecule has 0 amide bonds. The standard InChI is InChI=1S/C9H5F5O2/c10-6-2-4(3-7(15)16)1-5(8(6)11)9(12,13)14/h1-2H,3H2,(H,15,16). The van der Waals surface area contributed by atoms with E-state index in [4.69, 9.17) is 5.11 Å². The van der Waals surface area contributed by atoms with Crippen LogP contribution in [-0.2, 0) is 17.4 Å². The fraction of sp³-hybridized carbons (Fsp3) is 0.222. The van der Waals surface area contributed by atoms with E-state index in [1.165, 1.54) is 0 Å². The molecule has 0 fully saturated rings. The van der Waals surface area contributed by atoms with Gasteiger partial charge in [0, 0.05) is 0 Å². The van der Waals surface area contributed by atoms with Crippen molar-refractivity contribution in [2.24, 2.45) is 0 Å². The summed E-state index contributed by atoms with van der Waals surface area (Å²) in [6.07, 6.45) is -5.86. The minimum Gasteiger partial charge on any atom is -0.481 e. The van der Waals surface area contributed by atoms with E-state index in [0.29, 0.717) is 6.07 Å². The number of hydrogen-bond acceptors (Lipinski definition) is 1. The van der Waals surface area contributed by atoms with Crippen LogP contribution in [0.1, 0.15) is 11.1 Å². The van der Waals surface area contributed by atoms with Crippen LogP contribution in [0.4, 0.5) is 22.0 Å². The smallest absolute Gasteiger partial charge is 0.419 e. The third-order valence-electron chi connectivity index (χ3n) is 1.75. The molecule has 1 aromatic carbocycles. The maximum absolute atomic E-state index is 12.8. The van der Waals surface area contributed by atoms with Crippen molar-refractivity contribution < 1.29 is 31.9 Å². The molecule has 0 aliphatic rings. The molecule has 7 heteroatoms. The number of carboxylic acids is 1. The van der Waals surface area contributed by atoms with Crippen LogP contribution < -0.4 is 0 Å². The van der Waals surface area contributed by atoms with E-state index in [-0.39, 0.29) is 6.07 Å². The Labute approximate surface area is 86.3 Å². The molecule has 0 heterocycles. The molecule has 1 N–H and O–H groups in total. The lowest BCUT2D eigenvalue weighted by molar-refractivity contribution is -0.141. The Morgan fingerprint density at radius 3 is 2.25 bits per heavy atom. The molecule has 0 saturated carbocycles. The molecule has 0 atom stereocenters. The van der Waals surface area contributed by atoms with E-state index in [2.05, 4.69) is 0 Å². The second kappa shape index (κ2) is 4.07. The first-order chi connectivity index (χ1) is 7.21. The molecule has 16 heavy (non-hydrogen) atoms. The third kappa shape index (κ3) is 2.68. The Morgan fingerprint density at radius 1 is 1.25 bits per heavy atom. The van der Waals surface area contributed by atoms with Gasteiger partial charge in [0.15, 0.2) is 11.6 Å². The summed E-state index contributed by atoms with van der Waals surface area (Å²) in [7, 11) is 0. The lowest BCUT2D eigenvalue weighted by Gasteiger charge is -2.10. The van der Waals surface area contributed by atoms with Crippen LogP contribution in [0.3, 0.4) is 0 Å². The summed E-state index contributed by atoms with van der Waals surface area (Å²) in [4.78, 5) is 10.2. The van der Waals surface area contributed by atoms with Gasteiger partial charge >= 0.3 is 12.1 Å². The van der Waals surface area contributed by atoms with Gasteiger partial charge in [0.1, 0.15) is 0 Å². The maximum atomic E-state index is 12.8. The van der Waals surface area contributed by atoms with Crippen molar-refractivity contribution in [1.29, 1.82) is 0 Å². The highest BCUT2D eigenvalue weighted by Crippen LogP contribution is 2.33. The number of alkyl halides is 3. The topological polar surface area (TPSA) is 37.3 Å². The summed E-state index contributed by atoms with van der Waals surface area (Å²) in [6, 6.07) is 0.714. The van der Waals surface area contributed by atoms with Crippen molar-refractivity contribution in [3.05, 3.63) is 34.9 Å². The molecule has 0 bridgehead atoms. The Balaban J connectivity index is 3.28. The second-order valence-electron chi connectivity index (χ2n) is 3.01. The Hall–Kier alpha value is -1.66. The van der Waals surface area contributed by atoms with Crippen molar-refractivity contribution >= 4 is 5.97 Å². The minimum atomic E-state index is -5.06. The average Bonchev–Trinajstić information content (AvgIpc) is 2.08. The molecule has 0 aromatic heterocycles. The van der Waals surface area contributed by atoms with Crippen LogP contribution in [0.15, 0.2) is 12.1 Å². The van der Waals surface area contributed by atoms with Crippen LogP contribution in [-0.4, -0.2) is 11.1 Å². The maximum Gasteiger partial charge on any atom is 0.419 e. The highest BCUT2D eigenvalue weighted by molar-refractivity contribution is 5.70. The van der Waals surface area contributed by atoms with E-state index >= 15 is 0 Å². The van der Waals surface area contributed by atoms with Gasteiger partial charge in [-0.2, -0.15) is 13.2 Å². The average molecular weight is 240 g/mol. The lowest BCUT2D eigenvalue weighted by Crippen LogP contribution is -2.12. The van der Waals surface area contributed by atoms with Crippen LogP contribution in [0, 0.1) is 11.6 Å². The lowest BCUT2D eigenvalue weighted by atomic mass is 10.1. The van der Waals surface area contributed by atoms with E-state index in [0.717, 1.165) is 0 Å². The van der Waals surface area contributed by atoms with E-state index < -0.39 is 41.3 Å². The highest BCUT2D eigenvalue weighted by atomic mass is 19.4. The predicted octanol–water partition coefficient (Wildman–Crippen LogP) is 2.61. The van der Waals surface area contributed by atoms with Crippen LogP contribution in [0.2, 0.25) is 0 Å². The van der Waals surface area contributed by atoms with E-state index in [1.807, 2.05) is 0 Å². The number of carbonyl (C=O) groups is 1. The predicted molar refractivity (Wildman–Crippen MR) is 42.7 cm³/mol. The zero-order chi connectivity index (χ0) is 12.5. The first kappa shape index (κ1) is 12.4. The Morgan fingerprint density at radius 2 is 1.81 bits per heavy atom. The number of hydrogen-bond donors (Lipinski definition) is 1. The summed E-state index contributed by atoms with van der Waals surface area (Å²) in [5, 5.41) is 8.32. The van der Waals surface area contributed by atoms with Gasteiger partial charge in [0.25, 0.3) is 0 Å². The fourth-order valence-electron chi connectivity index (χ4n) is 1.13. The van der Waals surface area contributed by atoms with Crippen molar-refractivity contribution in [3.8, 4) is 0 Å². The summed E-state index contributed by atoms with van der Waals surface area (Å²) in [5.41, 5.74) is -2.25. The summed E-state index contributed by atoms with van der Waals surface area (Å²) < 4.78 is 62.1. The normalized spacial score (nSPS) is 11.6. The van der Waals surface area contributed by atoms with Gasteiger partial charge in [-0.15, -0.1) is 0 Å². The van der Waals surface area contributed by atoms with Gasteiger partial charge in [-0.1, -0.05) is 0 Å². The monoisotopic (exact) mass is 240 g/mol. The first-order valence-corrected chi connectivity index (χ1v) is 3.98. The first-order valence-electron chi connectivity index (χ1n) is 3.98.